The van der Waals surface area contributed by atoms with Crippen LogP contribution in [0.15, 0.2) is 76.2 Å². The zero-order chi connectivity index (χ0) is 21.7. The Bertz CT molecular complexity index is 1140. The molecule has 0 saturated heterocycles. The lowest BCUT2D eigenvalue weighted by molar-refractivity contribution is -0.116. The molecule has 0 spiro atoms. The molecule has 1 heterocycles. The number of carbonyl (C=O) groups excluding carboxylic acids is 2. The third-order valence-electron chi connectivity index (χ3n) is 4.31. The molecule has 0 bridgehead atoms. The van der Waals surface area contributed by atoms with Gasteiger partial charge in [0.05, 0.1) is 24.2 Å². The number of sulfonamides is 1. The number of amides is 2. The van der Waals surface area contributed by atoms with Crippen LogP contribution in [0.5, 0.6) is 0 Å². The fraction of sp³-hybridized carbons (Fsp3) is 0.143. The first-order valence-corrected chi connectivity index (χ1v) is 10.5. The molecule has 30 heavy (non-hydrogen) atoms. The van der Waals surface area contributed by atoms with Crippen molar-refractivity contribution < 1.29 is 22.4 Å². The zero-order valence-electron chi connectivity index (χ0n) is 16.2. The molecule has 0 aliphatic carbocycles. The molecule has 3 rings (SSSR count). The third-order valence-corrected chi connectivity index (χ3v) is 6.10. The minimum absolute atomic E-state index is 0.0904. The highest BCUT2D eigenvalue weighted by atomic mass is 32.2. The molecule has 0 radical (unpaired) electrons. The van der Waals surface area contributed by atoms with Gasteiger partial charge < -0.3 is 15.5 Å². The Balaban J connectivity index is 1.81. The van der Waals surface area contributed by atoms with Crippen LogP contribution < -0.4 is 11.1 Å². The Morgan fingerprint density at radius 3 is 2.40 bits per heavy atom. The minimum Gasteiger partial charge on any atom is -0.468 e. The molecule has 1 aromatic heterocycles. The van der Waals surface area contributed by atoms with Crippen LogP contribution in [0.1, 0.15) is 21.7 Å². The summed E-state index contributed by atoms with van der Waals surface area (Å²) in [6, 6.07) is 15.7. The molecule has 2 amide bonds. The Labute approximate surface area is 174 Å². The van der Waals surface area contributed by atoms with Gasteiger partial charge in [-0.05, 0) is 61.0 Å². The number of hydrogen-bond donors (Lipinski definition) is 2. The van der Waals surface area contributed by atoms with Gasteiger partial charge in [-0.2, -0.15) is 4.31 Å². The van der Waals surface area contributed by atoms with E-state index in [4.69, 9.17) is 10.2 Å². The molecule has 0 aliphatic rings. The first-order valence-electron chi connectivity index (χ1n) is 9.04. The number of nitrogens with two attached hydrogens (primary N) is 1. The maximum Gasteiger partial charge on any atom is 0.248 e. The summed E-state index contributed by atoms with van der Waals surface area (Å²) in [5.41, 5.74) is 6.70. The SMILES string of the molecule is Cc1cccc(S(=O)(=O)N(CC(=O)Nc2ccc(C(N)=O)cc2)Cc2ccco2)c1. The number of hydrogen-bond acceptors (Lipinski definition) is 5. The van der Waals surface area contributed by atoms with Crippen molar-refractivity contribution in [2.45, 2.75) is 18.4 Å². The summed E-state index contributed by atoms with van der Waals surface area (Å²) in [7, 11) is -3.95. The van der Waals surface area contributed by atoms with Crippen molar-refractivity contribution >= 4 is 27.5 Å². The van der Waals surface area contributed by atoms with Gasteiger partial charge in [0.15, 0.2) is 0 Å². The van der Waals surface area contributed by atoms with Crippen molar-refractivity contribution in [2.24, 2.45) is 5.73 Å². The van der Waals surface area contributed by atoms with Gasteiger partial charge in [0.25, 0.3) is 0 Å². The molecule has 3 aromatic rings. The number of nitrogens with zero attached hydrogens (tertiary/aromatic N) is 1. The van der Waals surface area contributed by atoms with Crippen molar-refractivity contribution in [3.8, 4) is 0 Å². The average Bonchev–Trinajstić information content (AvgIpc) is 3.21. The minimum atomic E-state index is -3.95. The van der Waals surface area contributed by atoms with Crippen molar-refractivity contribution in [1.29, 1.82) is 0 Å². The number of aryl methyl sites for hydroxylation is 1. The number of benzene rings is 2. The predicted octanol–water partition coefficient (Wildman–Crippen LogP) is 2.52. The van der Waals surface area contributed by atoms with Gasteiger partial charge >= 0.3 is 0 Å². The van der Waals surface area contributed by atoms with E-state index in [0.29, 0.717) is 17.0 Å². The summed E-state index contributed by atoms with van der Waals surface area (Å²) in [5.74, 6) is -0.712. The van der Waals surface area contributed by atoms with E-state index >= 15 is 0 Å². The molecular formula is C21H21N3O5S. The molecule has 0 unspecified atom stereocenters. The summed E-state index contributed by atoms with van der Waals surface area (Å²) in [6.45, 7) is 1.27. The van der Waals surface area contributed by atoms with Gasteiger partial charge in [-0.3, -0.25) is 9.59 Å². The Morgan fingerprint density at radius 1 is 1.07 bits per heavy atom. The number of carbonyl (C=O) groups is 2. The second-order valence-corrected chi connectivity index (χ2v) is 8.60. The van der Waals surface area contributed by atoms with Gasteiger partial charge in [-0.1, -0.05) is 12.1 Å². The van der Waals surface area contributed by atoms with Gasteiger partial charge in [0, 0.05) is 11.3 Å². The highest BCUT2D eigenvalue weighted by Gasteiger charge is 2.28. The Hall–Kier alpha value is -3.43. The highest BCUT2D eigenvalue weighted by molar-refractivity contribution is 7.89. The predicted molar refractivity (Wildman–Crippen MR) is 111 cm³/mol. The van der Waals surface area contributed by atoms with Crippen LogP contribution in [0.25, 0.3) is 0 Å². The van der Waals surface area contributed by atoms with Gasteiger partial charge in [-0.25, -0.2) is 8.42 Å². The zero-order valence-corrected chi connectivity index (χ0v) is 17.1. The van der Waals surface area contributed by atoms with Crippen LogP contribution in [-0.4, -0.2) is 31.1 Å². The monoisotopic (exact) mass is 427 g/mol. The van der Waals surface area contributed by atoms with E-state index < -0.39 is 28.4 Å². The normalized spacial score (nSPS) is 11.4. The third kappa shape index (κ3) is 5.13. The molecular weight excluding hydrogens is 406 g/mol. The lowest BCUT2D eigenvalue weighted by atomic mass is 10.2. The van der Waals surface area contributed by atoms with Crippen LogP contribution in [0, 0.1) is 6.92 Å². The van der Waals surface area contributed by atoms with Gasteiger partial charge in [0.2, 0.25) is 21.8 Å². The Morgan fingerprint density at radius 2 is 1.80 bits per heavy atom. The van der Waals surface area contributed by atoms with Gasteiger partial charge in [0.1, 0.15) is 5.76 Å². The number of rotatable bonds is 8. The van der Waals surface area contributed by atoms with Crippen LogP contribution >= 0.6 is 0 Å². The van der Waals surface area contributed by atoms with E-state index in [9.17, 15) is 18.0 Å². The molecule has 0 aliphatic heterocycles. The fourth-order valence-electron chi connectivity index (χ4n) is 2.81. The first-order chi connectivity index (χ1) is 14.3. The lowest BCUT2D eigenvalue weighted by Gasteiger charge is -2.21. The smallest absolute Gasteiger partial charge is 0.248 e. The lowest BCUT2D eigenvalue weighted by Crippen LogP contribution is -2.37. The number of primary amides is 1. The molecule has 9 heteroatoms. The van der Waals surface area contributed by atoms with Crippen molar-refractivity contribution in [3.63, 3.8) is 0 Å². The molecule has 0 saturated carbocycles. The summed E-state index contributed by atoms with van der Waals surface area (Å²) >= 11 is 0. The van der Waals surface area contributed by atoms with Crippen molar-refractivity contribution in [3.05, 3.63) is 83.8 Å². The van der Waals surface area contributed by atoms with E-state index in [-0.39, 0.29) is 11.4 Å². The second-order valence-electron chi connectivity index (χ2n) is 6.66. The summed E-state index contributed by atoms with van der Waals surface area (Å²) in [5, 5.41) is 2.63. The quantitative estimate of drug-likeness (QED) is 0.572. The molecule has 156 valence electrons. The van der Waals surface area contributed by atoms with E-state index in [2.05, 4.69) is 5.32 Å². The standard InChI is InChI=1S/C21H21N3O5S/c1-15-4-2-6-19(12-15)30(27,28)24(13-18-5-3-11-29-18)14-20(25)23-17-9-7-16(8-10-17)21(22)26/h2-12H,13-14H2,1H3,(H2,22,26)(H,23,25). The second kappa shape index (κ2) is 8.93. The molecule has 0 atom stereocenters. The van der Waals surface area contributed by atoms with Crippen LogP contribution in [0.2, 0.25) is 0 Å². The molecule has 0 fully saturated rings. The van der Waals surface area contributed by atoms with E-state index in [1.807, 2.05) is 0 Å². The van der Waals surface area contributed by atoms with Crippen molar-refractivity contribution in [2.75, 3.05) is 11.9 Å². The van der Waals surface area contributed by atoms with E-state index in [0.717, 1.165) is 9.87 Å². The fourth-order valence-corrected chi connectivity index (χ4v) is 4.27. The van der Waals surface area contributed by atoms with E-state index in [1.165, 1.54) is 36.6 Å². The summed E-state index contributed by atoms with van der Waals surface area (Å²) in [6.07, 6.45) is 1.44. The van der Waals surface area contributed by atoms with Crippen LogP contribution in [-0.2, 0) is 21.4 Å². The summed E-state index contributed by atoms with van der Waals surface area (Å²) < 4.78 is 32.7. The van der Waals surface area contributed by atoms with Gasteiger partial charge in [-0.15, -0.1) is 0 Å². The highest BCUT2D eigenvalue weighted by Crippen LogP contribution is 2.20. The first kappa shape index (κ1) is 21.3. The molecule has 8 nitrogen and oxygen atoms in total. The van der Waals surface area contributed by atoms with Crippen LogP contribution in [0.3, 0.4) is 0 Å². The Kier molecular flexibility index (Phi) is 6.34. The molecule has 2 aromatic carbocycles. The maximum absolute atomic E-state index is 13.2. The average molecular weight is 427 g/mol. The maximum atomic E-state index is 13.2. The topological polar surface area (TPSA) is 123 Å². The molecule has 3 N–H and O–H groups in total. The largest absolute Gasteiger partial charge is 0.468 e. The number of nitrogens with one attached hydrogen (secondary N) is 1. The van der Waals surface area contributed by atoms with E-state index in [1.54, 1.807) is 37.3 Å². The van der Waals surface area contributed by atoms with Crippen molar-refractivity contribution in [1.82, 2.24) is 4.31 Å². The summed E-state index contributed by atoms with van der Waals surface area (Å²) in [4.78, 5) is 23.8. The van der Waals surface area contributed by atoms with Crippen LogP contribution in [0.4, 0.5) is 5.69 Å². The number of anilines is 1. The number of furan rings is 1.